The van der Waals surface area contributed by atoms with Crippen molar-refractivity contribution in [1.29, 1.82) is 0 Å². The zero-order valence-electron chi connectivity index (χ0n) is 13.4. The SMILES string of the molecule is CN(C)CC[C@H]1CN(C(=O)c2cccc3c2OCC3)CCO1. The van der Waals surface area contributed by atoms with E-state index >= 15 is 0 Å². The largest absolute Gasteiger partial charge is 0.492 e. The van der Waals surface area contributed by atoms with E-state index in [0.717, 1.165) is 30.7 Å². The van der Waals surface area contributed by atoms with Crippen molar-refractivity contribution >= 4 is 5.91 Å². The number of benzene rings is 1. The molecule has 5 heteroatoms. The van der Waals surface area contributed by atoms with Crippen LogP contribution >= 0.6 is 0 Å². The molecular formula is C17H24N2O3. The van der Waals surface area contributed by atoms with Gasteiger partial charge in [-0.1, -0.05) is 12.1 Å². The maximum atomic E-state index is 12.8. The Morgan fingerprint density at radius 3 is 3.05 bits per heavy atom. The minimum absolute atomic E-state index is 0.0666. The van der Waals surface area contributed by atoms with Crippen molar-refractivity contribution in [3.05, 3.63) is 29.3 Å². The van der Waals surface area contributed by atoms with Gasteiger partial charge >= 0.3 is 0 Å². The Morgan fingerprint density at radius 2 is 2.23 bits per heavy atom. The molecule has 0 bridgehead atoms. The molecule has 120 valence electrons. The second-order valence-electron chi connectivity index (χ2n) is 6.23. The van der Waals surface area contributed by atoms with Crippen molar-refractivity contribution in [2.24, 2.45) is 0 Å². The Bertz CT molecular complexity index is 545. The second-order valence-corrected chi connectivity index (χ2v) is 6.23. The number of ether oxygens (including phenoxy) is 2. The third-order valence-electron chi connectivity index (χ3n) is 4.27. The van der Waals surface area contributed by atoms with Crippen LogP contribution in [0.4, 0.5) is 0 Å². The fraction of sp³-hybridized carbons (Fsp3) is 0.588. The highest BCUT2D eigenvalue weighted by molar-refractivity contribution is 5.97. The second kappa shape index (κ2) is 6.67. The first-order valence-electron chi connectivity index (χ1n) is 7.95. The quantitative estimate of drug-likeness (QED) is 0.843. The molecule has 0 radical (unpaired) electrons. The van der Waals surface area contributed by atoms with E-state index in [1.54, 1.807) is 0 Å². The highest BCUT2D eigenvalue weighted by Crippen LogP contribution is 2.30. The van der Waals surface area contributed by atoms with Crippen molar-refractivity contribution in [2.45, 2.75) is 18.9 Å². The van der Waals surface area contributed by atoms with E-state index in [-0.39, 0.29) is 12.0 Å². The first kappa shape index (κ1) is 15.3. The zero-order chi connectivity index (χ0) is 15.5. The Balaban J connectivity index is 1.68. The summed E-state index contributed by atoms with van der Waals surface area (Å²) in [6, 6.07) is 5.86. The van der Waals surface area contributed by atoms with Crippen LogP contribution in [0.2, 0.25) is 0 Å². The number of rotatable bonds is 4. The standard InChI is InChI=1S/C17H24N2O3/c1-18(2)8-6-14-12-19(9-11-21-14)17(20)15-5-3-4-13-7-10-22-16(13)15/h3-5,14H,6-12H2,1-2H3/t14-/m0/s1. The number of para-hydroxylation sites is 1. The number of morpholine rings is 1. The molecule has 2 aliphatic heterocycles. The van der Waals surface area contributed by atoms with Crippen LogP contribution in [0.5, 0.6) is 5.75 Å². The van der Waals surface area contributed by atoms with Crippen molar-refractivity contribution in [3.8, 4) is 5.75 Å². The average molecular weight is 304 g/mol. The number of carbonyl (C=O) groups excluding carboxylic acids is 1. The summed E-state index contributed by atoms with van der Waals surface area (Å²) in [6.07, 6.45) is 1.96. The molecule has 0 aromatic heterocycles. The van der Waals surface area contributed by atoms with Crippen LogP contribution in [0.15, 0.2) is 18.2 Å². The van der Waals surface area contributed by atoms with Crippen molar-refractivity contribution in [3.63, 3.8) is 0 Å². The number of amides is 1. The van der Waals surface area contributed by atoms with Crippen LogP contribution in [-0.4, -0.2) is 68.8 Å². The number of nitrogens with zero attached hydrogens (tertiary/aromatic N) is 2. The van der Waals surface area contributed by atoms with Crippen LogP contribution < -0.4 is 4.74 Å². The fourth-order valence-electron chi connectivity index (χ4n) is 3.03. The van der Waals surface area contributed by atoms with Crippen molar-refractivity contribution < 1.29 is 14.3 Å². The van der Waals surface area contributed by atoms with Gasteiger partial charge in [-0.05, 0) is 32.1 Å². The number of carbonyl (C=O) groups is 1. The fourth-order valence-corrected chi connectivity index (χ4v) is 3.03. The summed E-state index contributed by atoms with van der Waals surface area (Å²) in [7, 11) is 4.10. The normalized spacial score (nSPS) is 20.9. The number of hydrogen-bond donors (Lipinski definition) is 0. The smallest absolute Gasteiger partial charge is 0.257 e. The van der Waals surface area contributed by atoms with Crippen LogP contribution in [0, 0.1) is 0 Å². The summed E-state index contributed by atoms with van der Waals surface area (Å²) in [5, 5.41) is 0. The first-order valence-corrected chi connectivity index (χ1v) is 7.95. The van der Waals surface area contributed by atoms with Crippen LogP contribution in [0.25, 0.3) is 0 Å². The molecule has 1 atom stereocenters. The van der Waals surface area contributed by atoms with E-state index < -0.39 is 0 Å². The van der Waals surface area contributed by atoms with Crippen LogP contribution in [0.1, 0.15) is 22.3 Å². The van der Waals surface area contributed by atoms with Gasteiger partial charge in [0.25, 0.3) is 5.91 Å². The lowest BCUT2D eigenvalue weighted by Crippen LogP contribution is -2.46. The third kappa shape index (κ3) is 3.25. The van der Waals surface area contributed by atoms with Crippen molar-refractivity contribution in [2.75, 3.05) is 46.9 Å². The molecular weight excluding hydrogens is 280 g/mol. The lowest BCUT2D eigenvalue weighted by molar-refractivity contribution is -0.0270. The lowest BCUT2D eigenvalue weighted by atomic mass is 10.1. The monoisotopic (exact) mass is 304 g/mol. The van der Waals surface area contributed by atoms with E-state index in [1.807, 2.05) is 23.1 Å². The lowest BCUT2D eigenvalue weighted by Gasteiger charge is -2.33. The summed E-state index contributed by atoms with van der Waals surface area (Å²) >= 11 is 0. The van der Waals surface area contributed by atoms with Gasteiger partial charge in [0.1, 0.15) is 5.75 Å². The minimum Gasteiger partial charge on any atom is -0.492 e. The van der Waals surface area contributed by atoms with Gasteiger partial charge in [0.2, 0.25) is 0 Å². The molecule has 1 fully saturated rings. The summed E-state index contributed by atoms with van der Waals surface area (Å²) in [4.78, 5) is 16.9. The van der Waals surface area contributed by atoms with Gasteiger partial charge in [0.05, 0.1) is 24.9 Å². The van der Waals surface area contributed by atoms with Gasteiger partial charge < -0.3 is 19.3 Å². The average Bonchev–Trinajstić information content (AvgIpc) is 3.01. The van der Waals surface area contributed by atoms with Gasteiger partial charge in [-0.25, -0.2) is 0 Å². The van der Waals surface area contributed by atoms with E-state index in [2.05, 4.69) is 19.0 Å². The predicted molar refractivity (Wildman–Crippen MR) is 84.5 cm³/mol. The Labute approximate surface area is 131 Å². The number of fused-ring (bicyclic) bond motifs is 1. The molecule has 0 N–H and O–H groups in total. The minimum atomic E-state index is 0.0666. The van der Waals surface area contributed by atoms with E-state index in [1.165, 1.54) is 0 Å². The molecule has 0 saturated carbocycles. The topological polar surface area (TPSA) is 42.0 Å². The Kier molecular flexibility index (Phi) is 4.64. The van der Waals surface area contributed by atoms with Gasteiger partial charge in [0, 0.05) is 26.1 Å². The van der Waals surface area contributed by atoms with Crippen molar-refractivity contribution in [1.82, 2.24) is 9.80 Å². The molecule has 1 aromatic rings. The summed E-state index contributed by atoms with van der Waals surface area (Å²) in [6.45, 7) is 3.57. The summed E-state index contributed by atoms with van der Waals surface area (Å²) < 4.78 is 11.4. The highest BCUT2D eigenvalue weighted by Gasteiger charge is 2.28. The molecule has 0 unspecified atom stereocenters. The van der Waals surface area contributed by atoms with Crippen LogP contribution in [-0.2, 0) is 11.2 Å². The molecule has 1 saturated heterocycles. The molecule has 0 aliphatic carbocycles. The van der Waals surface area contributed by atoms with Gasteiger partial charge in [-0.3, -0.25) is 4.79 Å². The predicted octanol–water partition coefficient (Wildman–Crippen LogP) is 1.41. The molecule has 2 heterocycles. The summed E-state index contributed by atoms with van der Waals surface area (Å²) in [5.41, 5.74) is 1.84. The molecule has 1 aromatic carbocycles. The molecule has 5 nitrogen and oxygen atoms in total. The molecule has 2 aliphatic rings. The van der Waals surface area contributed by atoms with Gasteiger partial charge in [0.15, 0.2) is 0 Å². The zero-order valence-corrected chi connectivity index (χ0v) is 13.4. The Hall–Kier alpha value is -1.59. The molecule has 1 amide bonds. The number of hydrogen-bond acceptors (Lipinski definition) is 4. The van der Waals surface area contributed by atoms with Gasteiger partial charge in [-0.2, -0.15) is 0 Å². The maximum Gasteiger partial charge on any atom is 0.257 e. The Morgan fingerprint density at radius 1 is 1.36 bits per heavy atom. The molecule has 22 heavy (non-hydrogen) atoms. The van der Waals surface area contributed by atoms with E-state index in [9.17, 15) is 4.79 Å². The van der Waals surface area contributed by atoms with Gasteiger partial charge in [-0.15, -0.1) is 0 Å². The molecule has 0 spiro atoms. The van der Waals surface area contributed by atoms with Crippen LogP contribution in [0.3, 0.4) is 0 Å². The van der Waals surface area contributed by atoms with E-state index in [0.29, 0.717) is 31.9 Å². The molecule has 3 rings (SSSR count). The first-order chi connectivity index (χ1) is 10.6. The maximum absolute atomic E-state index is 12.8. The third-order valence-corrected chi connectivity index (χ3v) is 4.27. The van der Waals surface area contributed by atoms with E-state index in [4.69, 9.17) is 9.47 Å². The highest BCUT2D eigenvalue weighted by atomic mass is 16.5. The summed E-state index contributed by atoms with van der Waals surface area (Å²) in [5.74, 6) is 0.848.